The van der Waals surface area contributed by atoms with Crippen molar-refractivity contribution >= 4 is 17.5 Å². The Bertz CT molecular complexity index is 612. The van der Waals surface area contributed by atoms with Crippen LogP contribution in [-0.2, 0) is 0 Å². The molecule has 2 aromatic rings. The van der Waals surface area contributed by atoms with E-state index in [-0.39, 0.29) is 11.5 Å². The lowest BCUT2D eigenvalue weighted by Gasteiger charge is -2.04. The Kier molecular flexibility index (Phi) is 4.74. The van der Waals surface area contributed by atoms with Gasteiger partial charge in [0.1, 0.15) is 5.75 Å². The number of carbonyl (C=O) groups excluding carboxylic acids is 1. The molecule has 0 spiro atoms. The smallest absolute Gasteiger partial charge is 0.173 e. The molecule has 0 radical (unpaired) electrons. The highest BCUT2D eigenvalue weighted by Gasteiger charge is 2.08. The second-order valence-corrected chi connectivity index (χ2v) is 5.07. The van der Waals surface area contributed by atoms with E-state index in [9.17, 15) is 13.6 Å². The molecular weight excluding hydrogens is 282 g/mol. The quantitative estimate of drug-likeness (QED) is 0.617. The predicted octanol–water partition coefficient (Wildman–Crippen LogP) is 3.95. The molecule has 20 heavy (non-hydrogen) atoms. The number of hydrogen-bond acceptors (Lipinski definition) is 3. The monoisotopic (exact) mass is 294 g/mol. The van der Waals surface area contributed by atoms with Gasteiger partial charge in [-0.05, 0) is 42.5 Å². The van der Waals surface area contributed by atoms with E-state index in [0.717, 1.165) is 12.1 Å². The first-order valence-corrected chi connectivity index (χ1v) is 6.84. The highest BCUT2D eigenvalue weighted by Crippen LogP contribution is 2.22. The van der Waals surface area contributed by atoms with Crippen LogP contribution in [0, 0.1) is 11.6 Å². The Hall–Kier alpha value is -1.88. The van der Waals surface area contributed by atoms with Gasteiger partial charge in [0.05, 0.1) is 12.9 Å². The van der Waals surface area contributed by atoms with Gasteiger partial charge >= 0.3 is 0 Å². The Balaban J connectivity index is 1.98. The number of benzene rings is 2. The minimum absolute atomic E-state index is 0.0811. The summed E-state index contributed by atoms with van der Waals surface area (Å²) in [7, 11) is 1.55. The van der Waals surface area contributed by atoms with Crippen LogP contribution in [0.25, 0.3) is 0 Å². The van der Waals surface area contributed by atoms with Crippen LogP contribution in [-0.4, -0.2) is 18.6 Å². The zero-order chi connectivity index (χ0) is 14.5. The van der Waals surface area contributed by atoms with E-state index in [2.05, 4.69) is 0 Å². The van der Waals surface area contributed by atoms with Gasteiger partial charge in [0, 0.05) is 10.5 Å². The molecule has 0 saturated heterocycles. The second kappa shape index (κ2) is 6.52. The topological polar surface area (TPSA) is 26.3 Å². The number of ketones is 1. The van der Waals surface area contributed by atoms with E-state index in [1.807, 2.05) is 0 Å². The molecule has 0 bridgehead atoms. The zero-order valence-electron chi connectivity index (χ0n) is 10.7. The summed E-state index contributed by atoms with van der Waals surface area (Å²) in [5.74, 6) is -1.04. The van der Waals surface area contributed by atoms with Crippen molar-refractivity contribution in [2.75, 3.05) is 12.9 Å². The summed E-state index contributed by atoms with van der Waals surface area (Å²) in [6.07, 6.45) is 0. The summed E-state index contributed by atoms with van der Waals surface area (Å²) in [6.45, 7) is 0. The SMILES string of the molecule is COc1ccc(C(=O)CSc2ccc(F)c(F)c2)cc1. The third-order valence-electron chi connectivity index (χ3n) is 2.67. The fraction of sp³-hybridized carbons (Fsp3) is 0.133. The molecule has 0 amide bonds. The third-order valence-corrected chi connectivity index (χ3v) is 3.67. The van der Waals surface area contributed by atoms with Crippen LogP contribution in [0.3, 0.4) is 0 Å². The maximum Gasteiger partial charge on any atom is 0.173 e. The number of halogens is 2. The van der Waals surface area contributed by atoms with Gasteiger partial charge < -0.3 is 4.74 Å². The van der Waals surface area contributed by atoms with Gasteiger partial charge in [-0.25, -0.2) is 8.78 Å². The van der Waals surface area contributed by atoms with Crippen LogP contribution in [0.1, 0.15) is 10.4 Å². The number of rotatable bonds is 5. The van der Waals surface area contributed by atoms with Gasteiger partial charge in [0.15, 0.2) is 17.4 Å². The van der Waals surface area contributed by atoms with E-state index < -0.39 is 11.6 Å². The average Bonchev–Trinajstić information content (AvgIpc) is 2.48. The Morgan fingerprint density at radius 1 is 1.10 bits per heavy atom. The van der Waals surface area contributed by atoms with E-state index >= 15 is 0 Å². The van der Waals surface area contributed by atoms with Gasteiger partial charge in [-0.3, -0.25) is 4.79 Å². The number of ether oxygens (including phenoxy) is 1. The number of hydrogen-bond donors (Lipinski definition) is 0. The summed E-state index contributed by atoms with van der Waals surface area (Å²) >= 11 is 1.17. The van der Waals surface area contributed by atoms with Crippen LogP contribution < -0.4 is 4.74 Å². The molecule has 2 rings (SSSR count). The largest absolute Gasteiger partial charge is 0.497 e. The Morgan fingerprint density at radius 3 is 2.40 bits per heavy atom. The molecule has 2 aromatic carbocycles. The van der Waals surface area contributed by atoms with Crippen LogP contribution >= 0.6 is 11.8 Å². The Labute approximate surface area is 119 Å². The first-order valence-electron chi connectivity index (χ1n) is 5.85. The van der Waals surface area contributed by atoms with Crippen molar-refractivity contribution in [2.24, 2.45) is 0 Å². The molecule has 0 aliphatic rings. The molecule has 104 valence electrons. The predicted molar refractivity (Wildman–Crippen MR) is 74.4 cm³/mol. The number of Topliss-reactive ketones (excluding diaryl/α,β-unsaturated/α-hetero) is 1. The lowest BCUT2D eigenvalue weighted by Crippen LogP contribution is -2.02. The summed E-state index contributed by atoms with van der Waals surface area (Å²) in [4.78, 5) is 12.5. The first-order chi connectivity index (χ1) is 9.60. The van der Waals surface area contributed by atoms with E-state index in [4.69, 9.17) is 4.74 Å². The van der Waals surface area contributed by atoms with Gasteiger partial charge in [-0.1, -0.05) is 0 Å². The number of carbonyl (C=O) groups is 1. The van der Waals surface area contributed by atoms with Gasteiger partial charge in [-0.2, -0.15) is 0 Å². The van der Waals surface area contributed by atoms with Gasteiger partial charge in [-0.15, -0.1) is 11.8 Å². The summed E-state index contributed by atoms with van der Waals surface area (Å²) < 4.78 is 30.8. The standard InChI is InChI=1S/C15H12F2O2S/c1-19-11-4-2-10(3-5-11)15(18)9-20-12-6-7-13(16)14(17)8-12/h2-8H,9H2,1H3. The van der Waals surface area contributed by atoms with Crippen molar-refractivity contribution in [3.63, 3.8) is 0 Å². The maximum atomic E-state index is 13.0. The molecule has 0 unspecified atom stereocenters. The molecule has 0 fully saturated rings. The van der Waals surface area contributed by atoms with Crippen molar-refractivity contribution in [3.8, 4) is 5.75 Å². The molecule has 0 aliphatic carbocycles. The lowest BCUT2D eigenvalue weighted by atomic mass is 10.1. The minimum atomic E-state index is -0.910. The number of thioether (sulfide) groups is 1. The Morgan fingerprint density at radius 2 is 1.80 bits per heavy atom. The summed E-state index contributed by atoms with van der Waals surface area (Å²) in [5.41, 5.74) is 0.556. The molecule has 0 N–H and O–H groups in total. The van der Waals surface area contributed by atoms with Crippen LogP contribution in [0.5, 0.6) is 5.75 Å². The minimum Gasteiger partial charge on any atom is -0.497 e. The molecule has 0 atom stereocenters. The van der Waals surface area contributed by atoms with Crippen molar-refractivity contribution in [1.29, 1.82) is 0 Å². The van der Waals surface area contributed by atoms with Crippen molar-refractivity contribution in [2.45, 2.75) is 4.90 Å². The highest BCUT2D eigenvalue weighted by molar-refractivity contribution is 8.00. The van der Waals surface area contributed by atoms with Crippen molar-refractivity contribution < 1.29 is 18.3 Å². The van der Waals surface area contributed by atoms with E-state index in [1.165, 1.54) is 17.8 Å². The number of methoxy groups -OCH3 is 1. The fourth-order valence-corrected chi connectivity index (χ4v) is 2.39. The normalized spacial score (nSPS) is 10.3. The molecule has 0 aromatic heterocycles. The summed E-state index contributed by atoms with van der Waals surface area (Å²) in [5, 5.41) is 0. The van der Waals surface area contributed by atoms with E-state index in [0.29, 0.717) is 16.2 Å². The molecule has 0 saturated carbocycles. The zero-order valence-corrected chi connectivity index (χ0v) is 11.5. The highest BCUT2D eigenvalue weighted by atomic mass is 32.2. The summed E-state index contributed by atoms with van der Waals surface area (Å²) in [6, 6.07) is 10.3. The van der Waals surface area contributed by atoms with Gasteiger partial charge in [0.25, 0.3) is 0 Å². The van der Waals surface area contributed by atoms with Crippen LogP contribution in [0.15, 0.2) is 47.4 Å². The fourth-order valence-electron chi connectivity index (χ4n) is 1.58. The molecule has 0 heterocycles. The average molecular weight is 294 g/mol. The van der Waals surface area contributed by atoms with E-state index in [1.54, 1.807) is 31.4 Å². The maximum absolute atomic E-state index is 13.0. The molecule has 0 aliphatic heterocycles. The van der Waals surface area contributed by atoms with Crippen molar-refractivity contribution in [3.05, 3.63) is 59.7 Å². The molecule has 5 heteroatoms. The van der Waals surface area contributed by atoms with Gasteiger partial charge in [0.2, 0.25) is 0 Å². The molecule has 2 nitrogen and oxygen atoms in total. The third kappa shape index (κ3) is 3.57. The van der Waals surface area contributed by atoms with Crippen LogP contribution in [0.2, 0.25) is 0 Å². The van der Waals surface area contributed by atoms with Crippen LogP contribution in [0.4, 0.5) is 8.78 Å². The second-order valence-electron chi connectivity index (χ2n) is 4.02. The van der Waals surface area contributed by atoms with Crippen molar-refractivity contribution in [1.82, 2.24) is 0 Å². The first kappa shape index (κ1) is 14.5. The lowest BCUT2D eigenvalue weighted by molar-refractivity contribution is 0.102. The molecular formula is C15H12F2O2S.